The Labute approximate surface area is 112 Å². The maximum absolute atomic E-state index is 11.9. The van der Waals surface area contributed by atoms with E-state index in [0.717, 1.165) is 31.2 Å². The predicted octanol–water partition coefficient (Wildman–Crippen LogP) is 2.30. The fourth-order valence-electron chi connectivity index (χ4n) is 2.35. The van der Waals surface area contributed by atoms with Gasteiger partial charge in [0, 0.05) is 5.02 Å². The molecular weight excluding hydrogens is 250 g/mol. The smallest absolute Gasteiger partial charge is 0.224 e. The zero-order chi connectivity index (χ0) is 13.0. The lowest BCUT2D eigenvalue weighted by Crippen LogP contribution is -2.45. The van der Waals surface area contributed by atoms with Crippen LogP contribution in [0.15, 0.2) is 24.3 Å². The average molecular weight is 268 g/mol. The van der Waals surface area contributed by atoms with Gasteiger partial charge in [-0.15, -0.1) is 0 Å². The number of aliphatic hydroxyl groups is 1. The van der Waals surface area contributed by atoms with Crippen molar-refractivity contribution in [1.82, 2.24) is 5.32 Å². The molecule has 2 N–H and O–H groups in total. The van der Waals surface area contributed by atoms with E-state index in [2.05, 4.69) is 5.32 Å². The fraction of sp³-hybridized carbons (Fsp3) is 0.500. The van der Waals surface area contributed by atoms with Gasteiger partial charge in [0.25, 0.3) is 0 Å². The lowest BCUT2D eigenvalue weighted by atomic mass is 9.92. The molecule has 2 atom stereocenters. The SMILES string of the molecule is O=C(Cc1ccccc1Cl)N[C@H]1CCCC[C@@H]1O. The minimum absolute atomic E-state index is 0.0750. The monoisotopic (exact) mass is 267 g/mol. The predicted molar refractivity (Wildman–Crippen MR) is 71.6 cm³/mol. The first-order valence-corrected chi connectivity index (χ1v) is 6.75. The molecule has 1 fully saturated rings. The Bertz CT molecular complexity index is 422. The van der Waals surface area contributed by atoms with E-state index < -0.39 is 6.10 Å². The topological polar surface area (TPSA) is 49.3 Å². The minimum Gasteiger partial charge on any atom is -0.391 e. The van der Waals surface area contributed by atoms with Crippen LogP contribution in [0, 0.1) is 0 Å². The van der Waals surface area contributed by atoms with Crippen LogP contribution < -0.4 is 5.32 Å². The summed E-state index contributed by atoms with van der Waals surface area (Å²) in [4.78, 5) is 11.9. The number of benzene rings is 1. The van der Waals surface area contributed by atoms with Crippen molar-refractivity contribution >= 4 is 17.5 Å². The quantitative estimate of drug-likeness (QED) is 0.883. The fourth-order valence-corrected chi connectivity index (χ4v) is 2.55. The minimum atomic E-state index is -0.408. The van der Waals surface area contributed by atoms with Crippen LogP contribution in [-0.2, 0) is 11.2 Å². The number of aliphatic hydroxyl groups excluding tert-OH is 1. The molecule has 0 bridgehead atoms. The molecule has 4 heteroatoms. The van der Waals surface area contributed by atoms with Gasteiger partial charge in [-0.2, -0.15) is 0 Å². The van der Waals surface area contributed by atoms with Crippen LogP contribution >= 0.6 is 11.6 Å². The van der Waals surface area contributed by atoms with Crippen molar-refractivity contribution in [2.45, 2.75) is 44.2 Å². The summed E-state index contributed by atoms with van der Waals surface area (Å²) < 4.78 is 0. The van der Waals surface area contributed by atoms with E-state index >= 15 is 0 Å². The van der Waals surface area contributed by atoms with E-state index in [9.17, 15) is 9.90 Å². The molecule has 0 spiro atoms. The molecule has 0 aromatic heterocycles. The van der Waals surface area contributed by atoms with Gasteiger partial charge in [-0.3, -0.25) is 4.79 Å². The molecule has 1 aromatic carbocycles. The second kappa shape index (κ2) is 6.21. The number of rotatable bonds is 3. The molecule has 0 radical (unpaired) electrons. The number of carbonyl (C=O) groups is 1. The molecule has 1 amide bonds. The van der Waals surface area contributed by atoms with Crippen molar-refractivity contribution in [3.8, 4) is 0 Å². The molecule has 0 unspecified atom stereocenters. The highest BCUT2D eigenvalue weighted by atomic mass is 35.5. The van der Waals surface area contributed by atoms with Crippen molar-refractivity contribution in [3.63, 3.8) is 0 Å². The average Bonchev–Trinajstić information content (AvgIpc) is 2.35. The highest BCUT2D eigenvalue weighted by Crippen LogP contribution is 2.19. The first kappa shape index (κ1) is 13.4. The summed E-state index contributed by atoms with van der Waals surface area (Å²) in [6.07, 6.45) is 3.59. The molecule has 98 valence electrons. The van der Waals surface area contributed by atoms with Gasteiger partial charge in [0.1, 0.15) is 0 Å². The number of amides is 1. The molecule has 2 rings (SSSR count). The summed E-state index contributed by atoms with van der Waals surface area (Å²) in [5.41, 5.74) is 0.821. The summed E-state index contributed by atoms with van der Waals surface area (Å²) in [5, 5.41) is 13.3. The Morgan fingerprint density at radius 1 is 1.33 bits per heavy atom. The van der Waals surface area contributed by atoms with Crippen LogP contribution in [0.2, 0.25) is 5.02 Å². The summed E-state index contributed by atoms with van der Waals surface area (Å²) in [7, 11) is 0. The highest BCUT2D eigenvalue weighted by Gasteiger charge is 2.24. The third kappa shape index (κ3) is 3.47. The van der Waals surface area contributed by atoms with Gasteiger partial charge in [0.15, 0.2) is 0 Å². The van der Waals surface area contributed by atoms with E-state index in [0.29, 0.717) is 5.02 Å². The van der Waals surface area contributed by atoms with Crippen LogP contribution in [0.1, 0.15) is 31.2 Å². The first-order valence-electron chi connectivity index (χ1n) is 6.37. The van der Waals surface area contributed by atoms with Gasteiger partial charge in [-0.25, -0.2) is 0 Å². The van der Waals surface area contributed by atoms with Crippen LogP contribution in [0.25, 0.3) is 0 Å². The molecule has 3 nitrogen and oxygen atoms in total. The normalized spacial score (nSPS) is 23.7. The van der Waals surface area contributed by atoms with Crippen LogP contribution in [-0.4, -0.2) is 23.2 Å². The maximum atomic E-state index is 11.9. The van der Waals surface area contributed by atoms with E-state index in [4.69, 9.17) is 11.6 Å². The number of halogens is 1. The molecular formula is C14H18ClNO2. The Balaban J connectivity index is 1.90. The molecule has 18 heavy (non-hydrogen) atoms. The summed E-state index contributed by atoms with van der Waals surface area (Å²) >= 11 is 6.01. The number of hydrogen-bond acceptors (Lipinski definition) is 2. The molecule has 1 aliphatic carbocycles. The zero-order valence-electron chi connectivity index (χ0n) is 10.2. The van der Waals surface area contributed by atoms with Crippen LogP contribution in [0.5, 0.6) is 0 Å². The van der Waals surface area contributed by atoms with E-state index in [1.54, 1.807) is 6.07 Å². The second-order valence-corrected chi connectivity index (χ2v) is 5.20. The van der Waals surface area contributed by atoms with Crippen molar-refractivity contribution in [2.24, 2.45) is 0 Å². The number of hydrogen-bond donors (Lipinski definition) is 2. The largest absolute Gasteiger partial charge is 0.391 e. The van der Waals surface area contributed by atoms with Crippen LogP contribution in [0.3, 0.4) is 0 Å². The Kier molecular flexibility index (Phi) is 4.61. The highest BCUT2D eigenvalue weighted by molar-refractivity contribution is 6.31. The zero-order valence-corrected chi connectivity index (χ0v) is 11.0. The van der Waals surface area contributed by atoms with Gasteiger partial charge < -0.3 is 10.4 Å². The molecule has 1 saturated carbocycles. The van der Waals surface area contributed by atoms with Crippen LogP contribution in [0.4, 0.5) is 0 Å². The maximum Gasteiger partial charge on any atom is 0.224 e. The van der Waals surface area contributed by atoms with Gasteiger partial charge >= 0.3 is 0 Å². The molecule has 0 aliphatic heterocycles. The third-order valence-corrected chi connectivity index (χ3v) is 3.75. The molecule has 0 heterocycles. The second-order valence-electron chi connectivity index (χ2n) is 4.79. The molecule has 1 aliphatic rings. The third-order valence-electron chi connectivity index (χ3n) is 3.38. The van der Waals surface area contributed by atoms with Gasteiger partial charge in [0.2, 0.25) is 5.91 Å². The van der Waals surface area contributed by atoms with Crippen molar-refractivity contribution < 1.29 is 9.90 Å². The van der Waals surface area contributed by atoms with Gasteiger partial charge in [-0.1, -0.05) is 42.6 Å². The number of nitrogens with one attached hydrogen (secondary N) is 1. The van der Waals surface area contributed by atoms with E-state index in [1.165, 1.54) is 0 Å². The lowest BCUT2D eigenvalue weighted by molar-refractivity contribution is -0.122. The Morgan fingerprint density at radius 3 is 2.78 bits per heavy atom. The Hall–Kier alpha value is -1.06. The summed E-state index contributed by atoms with van der Waals surface area (Å²) in [5.74, 6) is -0.0750. The number of carbonyl (C=O) groups excluding carboxylic acids is 1. The van der Waals surface area contributed by atoms with Gasteiger partial charge in [-0.05, 0) is 24.5 Å². The molecule has 0 saturated heterocycles. The van der Waals surface area contributed by atoms with E-state index in [-0.39, 0.29) is 18.4 Å². The van der Waals surface area contributed by atoms with Gasteiger partial charge in [0.05, 0.1) is 18.6 Å². The van der Waals surface area contributed by atoms with Crippen molar-refractivity contribution in [1.29, 1.82) is 0 Å². The Morgan fingerprint density at radius 2 is 2.06 bits per heavy atom. The summed E-state index contributed by atoms with van der Waals surface area (Å²) in [6.45, 7) is 0. The van der Waals surface area contributed by atoms with Crippen molar-refractivity contribution in [3.05, 3.63) is 34.9 Å². The lowest BCUT2D eigenvalue weighted by Gasteiger charge is -2.28. The van der Waals surface area contributed by atoms with E-state index in [1.807, 2.05) is 18.2 Å². The summed E-state index contributed by atoms with van der Waals surface area (Å²) in [6, 6.07) is 7.23. The standard InChI is InChI=1S/C14H18ClNO2/c15-11-6-2-1-5-10(11)9-14(18)16-12-7-3-4-8-13(12)17/h1-2,5-6,12-13,17H,3-4,7-9H2,(H,16,18)/t12-,13-/m0/s1. The molecule has 1 aromatic rings. The van der Waals surface area contributed by atoms with Crippen molar-refractivity contribution in [2.75, 3.05) is 0 Å². The first-order chi connectivity index (χ1) is 8.66.